The normalized spacial score (nSPS) is 16.7. The molecule has 23 heavy (non-hydrogen) atoms. The van der Waals surface area contributed by atoms with Crippen LogP contribution in [0.2, 0.25) is 10.0 Å². The molecular weight excluding hydrogens is 343 g/mol. The number of nitrogens with zero attached hydrogens (tertiary/aromatic N) is 1. The summed E-state index contributed by atoms with van der Waals surface area (Å²) < 4.78 is 5.23. The molecule has 0 unspecified atom stereocenters. The number of H-pyrrole nitrogens is 1. The van der Waals surface area contributed by atoms with Gasteiger partial charge in [-0.15, -0.1) is 0 Å². The van der Waals surface area contributed by atoms with E-state index in [4.69, 9.17) is 33.0 Å². The van der Waals surface area contributed by atoms with Gasteiger partial charge in [-0.2, -0.15) is 0 Å². The van der Waals surface area contributed by atoms with Crippen molar-refractivity contribution in [1.82, 2.24) is 9.88 Å². The van der Waals surface area contributed by atoms with E-state index < -0.39 is 12.5 Å². The van der Waals surface area contributed by atoms with E-state index in [0.29, 0.717) is 27.8 Å². The second kappa shape index (κ2) is 5.70. The number of nitrogens with one attached hydrogen (secondary N) is 1. The second-order valence-corrected chi connectivity index (χ2v) is 6.09. The van der Waals surface area contributed by atoms with Crippen molar-refractivity contribution in [2.24, 2.45) is 0 Å². The van der Waals surface area contributed by atoms with Crippen LogP contribution in [0.25, 0.3) is 10.9 Å². The first-order valence-corrected chi connectivity index (χ1v) is 7.67. The Bertz CT molecular complexity index is 878. The van der Waals surface area contributed by atoms with Crippen LogP contribution >= 0.6 is 23.2 Å². The van der Waals surface area contributed by atoms with Crippen molar-refractivity contribution in [3.8, 4) is 5.75 Å². The molecule has 0 aliphatic carbocycles. The van der Waals surface area contributed by atoms with Gasteiger partial charge in [0.1, 0.15) is 17.4 Å². The van der Waals surface area contributed by atoms with Crippen LogP contribution in [0.5, 0.6) is 5.75 Å². The number of aliphatic hydroxyl groups is 1. The molecule has 1 aliphatic heterocycles. The maximum atomic E-state index is 12.4. The highest BCUT2D eigenvalue weighted by molar-refractivity contribution is 6.46. The second-order valence-electron chi connectivity index (χ2n) is 5.33. The van der Waals surface area contributed by atoms with Crippen molar-refractivity contribution < 1.29 is 14.6 Å². The molecule has 1 aromatic carbocycles. The number of aromatic nitrogens is 1. The Morgan fingerprint density at radius 2 is 2.17 bits per heavy atom. The number of aliphatic hydroxyl groups excluding tert-OH is 1. The van der Waals surface area contributed by atoms with Crippen LogP contribution in [0.3, 0.4) is 0 Å². The van der Waals surface area contributed by atoms with Gasteiger partial charge in [-0.25, -0.2) is 0 Å². The Balaban J connectivity index is 2.34. The van der Waals surface area contributed by atoms with Crippen LogP contribution in [-0.4, -0.2) is 34.6 Å². The highest BCUT2D eigenvalue weighted by Crippen LogP contribution is 2.43. The van der Waals surface area contributed by atoms with Crippen LogP contribution in [0, 0.1) is 0 Å². The number of pyridine rings is 1. The molecule has 0 fully saturated rings. The van der Waals surface area contributed by atoms with Gasteiger partial charge in [0.2, 0.25) is 5.91 Å². The van der Waals surface area contributed by atoms with E-state index in [1.807, 2.05) is 0 Å². The summed E-state index contributed by atoms with van der Waals surface area (Å²) in [6.45, 7) is 1.33. The Hall–Kier alpha value is -1.76. The minimum Gasteiger partial charge on any atom is -0.495 e. The van der Waals surface area contributed by atoms with E-state index in [2.05, 4.69) is 4.98 Å². The summed E-state index contributed by atoms with van der Waals surface area (Å²) >= 11 is 12.4. The van der Waals surface area contributed by atoms with Gasteiger partial charge < -0.3 is 19.7 Å². The predicted octanol–water partition coefficient (Wildman–Crippen LogP) is 2.24. The number of hydrogen-bond acceptors (Lipinski definition) is 4. The number of halogens is 2. The number of fused-ring (bicyclic) bond motifs is 3. The van der Waals surface area contributed by atoms with Crippen molar-refractivity contribution in [2.45, 2.75) is 19.5 Å². The third-order valence-electron chi connectivity index (χ3n) is 4.19. The van der Waals surface area contributed by atoms with Crippen LogP contribution in [-0.2, 0) is 11.3 Å². The van der Waals surface area contributed by atoms with E-state index in [1.54, 1.807) is 13.0 Å². The zero-order valence-corrected chi connectivity index (χ0v) is 14.0. The molecule has 1 atom stereocenters. The quantitative estimate of drug-likeness (QED) is 0.864. The molecule has 1 aromatic heterocycles. The lowest BCUT2D eigenvalue weighted by molar-refractivity contribution is -0.136. The molecule has 3 rings (SSSR count). The van der Waals surface area contributed by atoms with Crippen molar-refractivity contribution in [3.05, 3.63) is 37.6 Å². The molecule has 0 saturated carbocycles. The number of aromatic amines is 1. The average molecular weight is 357 g/mol. The summed E-state index contributed by atoms with van der Waals surface area (Å²) in [6, 6.07) is 1.33. The van der Waals surface area contributed by atoms with Crippen LogP contribution in [0.1, 0.15) is 24.1 Å². The zero-order chi connectivity index (χ0) is 16.9. The Labute approximate surface area is 141 Å². The number of amides is 1. The molecule has 0 spiro atoms. The average Bonchev–Trinajstić information content (AvgIpc) is 2.89. The fourth-order valence-corrected chi connectivity index (χ4v) is 3.52. The lowest BCUT2D eigenvalue weighted by Gasteiger charge is -2.21. The third-order valence-corrected chi connectivity index (χ3v) is 5.04. The maximum absolute atomic E-state index is 12.4. The number of rotatable bonds is 2. The molecule has 6 nitrogen and oxygen atoms in total. The van der Waals surface area contributed by atoms with Crippen LogP contribution in [0.15, 0.2) is 10.9 Å². The first-order chi connectivity index (χ1) is 10.9. The fraction of sp³-hybridized carbons (Fsp3) is 0.333. The van der Waals surface area contributed by atoms with Gasteiger partial charge in [-0.1, -0.05) is 23.2 Å². The van der Waals surface area contributed by atoms with Gasteiger partial charge in [0.05, 0.1) is 30.2 Å². The van der Waals surface area contributed by atoms with Gasteiger partial charge in [0.25, 0.3) is 5.56 Å². The van der Waals surface area contributed by atoms with Gasteiger partial charge in [0, 0.05) is 10.9 Å². The summed E-state index contributed by atoms with van der Waals surface area (Å²) in [5, 5.41) is 10.2. The van der Waals surface area contributed by atoms with E-state index >= 15 is 0 Å². The van der Waals surface area contributed by atoms with E-state index in [1.165, 1.54) is 12.0 Å². The summed E-state index contributed by atoms with van der Waals surface area (Å²) in [5.74, 6) is -0.0502. The molecule has 1 amide bonds. The molecule has 122 valence electrons. The van der Waals surface area contributed by atoms with E-state index in [0.717, 1.165) is 0 Å². The van der Waals surface area contributed by atoms with E-state index in [-0.39, 0.29) is 28.2 Å². The molecule has 1 aliphatic rings. The molecule has 2 aromatic rings. The third kappa shape index (κ3) is 2.29. The number of ether oxygens (including phenoxy) is 1. The number of carbonyl (C=O) groups is 1. The highest BCUT2D eigenvalue weighted by atomic mass is 35.5. The Morgan fingerprint density at radius 3 is 2.78 bits per heavy atom. The standard InChI is InChI=1S/C15H14Cl2N2O4/c1-6-11-7-3-9(23-2)12(16)13(17)14(7)18-15(22)8(11)4-19(6)10(21)5-20/h3,6,20H,4-5H2,1-2H3,(H,18,22)/t6-/m0/s1. The minimum absolute atomic E-state index is 0.143. The first-order valence-electron chi connectivity index (χ1n) is 6.91. The molecule has 8 heteroatoms. The van der Waals surface area contributed by atoms with Crippen molar-refractivity contribution in [3.63, 3.8) is 0 Å². The van der Waals surface area contributed by atoms with E-state index in [9.17, 15) is 9.59 Å². The van der Waals surface area contributed by atoms with Gasteiger partial charge in [-0.05, 0) is 18.6 Å². The van der Waals surface area contributed by atoms with Crippen molar-refractivity contribution in [2.75, 3.05) is 13.7 Å². The molecule has 0 radical (unpaired) electrons. The molecular formula is C15H14Cl2N2O4. The lowest BCUT2D eigenvalue weighted by Crippen LogP contribution is -2.30. The maximum Gasteiger partial charge on any atom is 0.253 e. The SMILES string of the molecule is COc1cc2c3c(c(=O)[nH]c2c(Cl)c1Cl)CN(C(=O)CO)[C@H]3C. The molecule has 0 saturated heterocycles. The number of carbonyl (C=O) groups excluding carboxylic acids is 1. The smallest absolute Gasteiger partial charge is 0.253 e. The highest BCUT2D eigenvalue weighted by Gasteiger charge is 2.34. The monoisotopic (exact) mass is 356 g/mol. The summed E-state index contributed by atoms with van der Waals surface area (Å²) in [6.07, 6.45) is 0. The fourth-order valence-electron chi connectivity index (χ4n) is 3.05. The molecule has 2 heterocycles. The van der Waals surface area contributed by atoms with Crippen molar-refractivity contribution in [1.29, 1.82) is 0 Å². The zero-order valence-electron chi connectivity index (χ0n) is 12.4. The Morgan fingerprint density at radius 1 is 1.48 bits per heavy atom. The van der Waals surface area contributed by atoms with Gasteiger partial charge in [0.15, 0.2) is 0 Å². The first kappa shape index (κ1) is 16.1. The molecule has 0 bridgehead atoms. The Kier molecular flexibility index (Phi) is 4.00. The number of hydrogen-bond donors (Lipinski definition) is 2. The predicted molar refractivity (Wildman–Crippen MR) is 87.2 cm³/mol. The number of methoxy groups -OCH3 is 1. The molecule has 2 N–H and O–H groups in total. The van der Waals surface area contributed by atoms with Gasteiger partial charge in [-0.3, -0.25) is 9.59 Å². The van der Waals surface area contributed by atoms with Crippen LogP contribution < -0.4 is 10.3 Å². The topological polar surface area (TPSA) is 82.6 Å². The summed E-state index contributed by atoms with van der Waals surface area (Å²) in [5.41, 5.74) is 1.26. The summed E-state index contributed by atoms with van der Waals surface area (Å²) in [4.78, 5) is 28.4. The summed E-state index contributed by atoms with van der Waals surface area (Å²) in [7, 11) is 1.47. The van der Waals surface area contributed by atoms with Crippen LogP contribution in [0.4, 0.5) is 0 Å². The largest absolute Gasteiger partial charge is 0.495 e. The minimum atomic E-state index is -0.607. The lowest BCUT2D eigenvalue weighted by atomic mass is 10.0. The van der Waals surface area contributed by atoms with Crippen molar-refractivity contribution >= 4 is 40.0 Å². The van der Waals surface area contributed by atoms with Gasteiger partial charge >= 0.3 is 0 Å². The number of benzene rings is 1.